The van der Waals surface area contributed by atoms with Crippen molar-refractivity contribution in [2.75, 3.05) is 6.54 Å². The molecule has 0 saturated heterocycles. The molecule has 0 bridgehead atoms. The molecule has 1 heterocycles. The van der Waals surface area contributed by atoms with Crippen molar-refractivity contribution in [3.8, 4) is 0 Å². The van der Waals surface area contributed by atoms with Gasteiger partial charge in [-0.05, 0) is 25.7 Å². The van der Waals surface area contributed by atoms with Crippen molar-refractivity contribution in [3.63, 3.8) is 0 Å². The highest BCUT2D eigenvalue weighted by Gasteiger charge is 2.45. The monoisotopic (exact) mass is 214 g/mol. The number of aryl methyl sites for hydroxylation is 1. The molecular weight excluding hydrogens is 199 g/mol. The van der Waals surface area contributed by atoms with Crippen LogP contribution in [0, 0.1) is 12.8 Å². The molecule has 2 rings (SSSR count). The molecule has 1 saturated carbocycles. The molecule has 1 fully saturated rings. The van der Waals surface area contributed by atoms with Crippen LogP contribution in [-0.2, 0) is 6.42 Å². The van der Waals surface area contributed by atoms with E-state index < -0.39 is 5.67 Å². The van der Waals surface area contributed by atoms with E-state index in [9.17, 15) is 4.39 Å². The normalized spacial score (nSPS) is 20.8. The lowest BCUT2D eigenvalue weighted by Gasteiger charge is -2.22. The summed E-state index contributed by atoms with van der Waals surface area (Å²) in [5.41, 5.74) is 5.15. The second-order valence-electron chi connectivity index (χ2n) is 4.05. The van der Waals surface area contributed by atoms with Gasteiger partial charge in [-0.15, -0.1) is 11.3 Å². The first-order valence-corrected chi connectivity index (χ1v) is 5.82. The summed E-state index contributed by atoms with van der Waals surface area (Å²) in [6.45, 7) is 2.06. The molecule has 1 aliphatic carbocycles. The largest absolute Gasteiger partial charge is 0.328 e. The minimum absolute atomic E-state index is 0.119. The van der Waals surface area contributed by atoms with E-state index in [-0.39, 0.29) is 12.5 Å². The molecule has 0 spiro atoms. The van der Waals surface area contributed by atoms with E-state index in [2.05, 4.69) is 4.98 Å². The van der Waals surface area contributed by atoms with Crippen LogP contribution >= 0.6 is 11.3 Å². The number of thiazole rings is 1. The maximum atomic E-state index is 14.2. The molecule has 1 atom stereocenters. The van der Waals surface area contributed by atoms with Gasteiger partial charge in [0.25, 0.3) is 0 Å². The molecule has 78 valence electrons. The Hall–Kier alpha value is -0.480. The smallest absolute Gasteiger partial charge is 0.131 e. The summed E-state index contributed by atoms with van der Waals surface area (Å²) in [5, 5.41) is 2.93. The first-order valence-electron chi connectivity index (χ1n) is 4.94. The van der Waals surface area contributed by atoms with E-state index in [4.69, 9.17) is 5.73 Å². The molecule has 0 radical (unpaired) electrons. The van der Waals surface area contributed by atoms with Crippen LogP contribution in [0.1, 0.15) is 23.5 Å². The van der Waals surface area contributed by atoms with Crippen LogP contribution in [-0.4, -0.2) is 17.2 Å². The molecule has 1 aliphatic rings. The third-order valence-electron chi connectivity index (χ3n) is 2.79. The fourth-order valence-electron chi connectivity index (χ4n) is 1.77. The van der Waals surface area contributed by atoms with Gasteiger partial charge in [-0.25, -0.2) is 9.37 Å². The van der Waals surface area contributed by atoms with Gasteiger partial charge in [0.1, 0.15) is 5.67 Å². The molecule has 1 aromatic rings. The van der Waals surface area contributed by atoms with E-state index in [1.54, 1.807) is 11.3 Å². The summed E-state index contributed by atoms with van der Waals surface area (Å²) in [5.74, 6) is 0.175. The molecule has 4 heteroatoms. The topological polar surface area (TPSA) is 38.9 Å². The third kappa shape index (κ3) is 1.96. The fourth-order valence-corrected chi connectivity index (χ4v) is 2.39. The second kappa shape index (κ2) is 3.59. The van der Waals surface area contributed by atoms with Gasteiger partial charge in [-0.3, -0.25) is 0 Å². The number of halogens is 1. The van der Waals surface area contributed by atoms with Gasteiger partial charge in [0, 0.05) is 18.3 Å². The van der Waals surface area contributed by atoms with Crippen LogP contribution in [0.4, 0.5) is 4.39 Å². The van der Waals surface area contributed by atoms with Crippen molar-refractivity contribution in [3.05, 3.63) is 16.1 Å². The minimum Gasteiger partial charge on any atom is -0.328 e. The average molecular weight is 214 g/mol. The maximum Gasteiger partial charge on any atom is 0.131 e. The Morgan fingerprint density at radius 1 is 1.71 bits per heavy atom. The number of aromatic nitrogens is 1. The molecule has 1 unspecified atom stereocenters. The van der Waals surface area contributed by atoms with E-state index >= 15 is 0 Å². The highest BCUT2D eigenvalue weighted by atomic mass is 32.1. The van der Waals surface area contributed by atoms with E-state index in [1.165, 1.54) is 0 Å². The van der Waals surface area contributed by atoms with Crippen LogP contribution in [0.2, 0.25) is 0 Å². The van der Waals surface area contributed by atoms with Gasteiger partial charge in [0.2, 0.25) is 0 Å². The molecule has 1 aromatic heterocycles. The second-order valence-corrected chi connectivity index (χ2v) is 5.11. The average Bonchev–Trinajstić information content (AvgIpc) is 2.93. The van der Waals surface area contributed by atoms with E-state index in [0.29, 0.717) is 6.42 Å². The van der Waals surface area contributed by atoms with Crippen LogP contribution in [0.5, 0.6) is 0 Å². The fraction of sp³-hybridized carbons (Fsp3) is 0.700. The summed E-state index contributed by atoms with van der Waals surface area (Å²) < 4.78 is 14.2. The first kappa shape index (κ1) is 10.1. The van der Waals surface area contributed by atoms with E-state index in [0.717, 1.165) is 23.5 Å². The molecule has 0 aliphatic heterocycles. The summed E-state index contributed by atoms with van der Waals surface area (Å²) in [4.78, 5) is 4.28. The Labute approximate surface area is 87.3 Å². The molecule has 2 N–H and O–H groups in total. The van der Waals surface area contributed by atoms with Gasteiger partial charge in [0.15, 0.2) is 0 Å². The van der Waals surface area contributed by atoms with Crippen LogP contribution < -0.4 is 5.73 Å². The highest BCUT2D eigenvalue weighted by molar-refractivity contribution is 7.09. The Morgan fingerprint density at radius 3 is 2.86 bits per heavy atom. The number of hydrogen-bond acceptors (Lipinski definition) is 3. The number of nitrogens with zero attached hydrogens (tertiary/aromatic N) is 1. The zero-order valence-electron chi connectivity index (χ0n) is 8.29. The first-order chi connectivity index (χ1) is 6.64. The number of alkyl halides is 1. The Kier molecular flexibility index (Phi) is 2.58. The van der Waals surface area contributed by atoms with Gasteiger partial charge in [0.05, 0.1) is 10.7 Å². The van der Waals surface area contributed by atoms with Gasteiger partial charge in [-0.2, -0.15) is 0 Å². The van der Waals surface area contributed by atoms with Crippen LogP contribution in [0.15, 0.2) is 5.38 Å². The van der Waals surface area contributed by atoms with Crippen molar-refractivity contribution in [1.82, 2.24) is 4.98 Å². The number of rotatable bonds is 4. The van der Waals surface area contributed by atoms with Gasteiger partial charge < -0.3 is 5.73 Å². The van der Waals surface area contributed by atoms with Crippen molar-refractivity contribution in [2.24, 2.45) is 11.7 Å². The van der Waals surface area contributed by atoms with Crippen LogP contribution in [0.3, 0.4) is 0 Å². The molecular formula is C10H15FN2S. The lowest BCUT2D eigenvalue weighted by atomic mass is 9.94. The molecule has 0 aromatic carbocycles. The lowest BCUT2D eigenvalue weighted by molar-refractivity contribution is 0.141. The summed E-state index contributed by atoms with van der Waals surface area (Å²) in [6, 6.07) is 0. The SMILES string of the molecule is Cc1nc(CC(F)(CN)C2CC2)cs1. The van der Waals surface area contributed by atoms with Crippen molar-refractivity contribution in [1.29, 1.82) is 0 Å². The molecule has 14 heavy (non-hydrogen) atoms. The minimum atomic E-state index is -1.21. The van der Waals surface area contributed by atoms with Gasteiger partial charge >= 0.3 is 0 Å². The summed E-state index contributed by atoms with van der Waals surface area (Å²) >= 11 is 1.57. The Bertz CT molecular complexity index is 322. The van der Waals surface area contributed by atoms with E-state index in [1.807, 2.05) is 12.3 Å². The quantitative estimate of drug-likeness (QED) is 0.833. The predicted octanol–water partition coefficient (Wildman–Crippen LogP) is 2.07. The predicted molar refractivity (Wildman–Crippen MR) is 56.2 cm³/mol. The van der Waals surface area contributed by atoms with Gasteiger partial charge in [-0.1, -0.05) is 0 Å². The van der Waals surface area contributed by atoms with Crippen molar-refractivity contribution < 1.29 is 4.39 Å². The van der Waals surface area contributed by atoms with Crippen molar-refractivity contribution >= 4 is 11.3 Å². The maximum absolute atomic E-state index is 14.2. The van der Waals surface area contributed by atoms with Crippen LogP contribution in [0.25, 0.3) is 0 Å². The zero-order chi connectivity index (χ0) is 10.2. The number of hydrogen-bond donors (Lipinski definition) is 1. The number of nitrogens with two attached hydrogens (primary N) is 1. The highest BCUT2D eigenvalue weighted by Crippen LogP contribution is 2.43. The zero-order valence-corrected chi connectivity index (χ0v) is 9.11. The molecule has 0 amide bonds. The lowest BCUT2D eigenvalue weighted by Crippen LogP contribution is -2.37. The molecule has 2 nitrogen and oxygen atoms in total. The Morgan fingerprint density at radius 2 is 2.43 bits per heavy atom. The third-order valence-corrected chi connectivity index (χ3v) is 3.61. The standard InChI is InChI=1S/C10H15FN2S/c1-7-13-9(5-14-7)4-10(11,6-12)8-2-3-8/h5,8H,2-4,6,12H2,1H3. The Balaban J connectivity index is 2.07. The summed E-state index contributed by atoms with van der Waals surface area (Å²) in [6.07, 6.45) is 2.35. The summed E-state index contributed by atoms with van der Waals surface area (Å²) in [7, 11) is 0. The van der Waals surface area contributed by atoms with Crippen molar-refractivity contribution in [2.45, 2.75) is 31.9 Å².